The van der Waals surface area contributed by atoms with Gasteiger partial charge in [-0.05, 0) is 37.3 Å². The Bertz CT molecular complexity index is 999. The van der Waals surface area contributed by atoms with E-state index in [1.807, 2.05) is 37.3 Å². The Balaban J connectivity index is 1.67. The van der Waals surface area contributed by atoms with E-state index in [1.54, 1.807) is 12.3 Å². The number of carbonyl (C=O) groups is 1. The molecule has 1 fully saturated rings. The van der Waals surface area contributed by atoms with Crippen LogP contribution in [-0.2, 0) is 4.74 Å². The number of nitrogens with two attached hydrogens (primary N) is 1. The maximum Gasteiger partial charge on any atom is 0.248 e. The molecule has 4 rings (SSSR count). The number of primary amides is 1. The van der Waals surface area contributed by atoms with Crippen molar-refractivity contribution in [3.63, 3.8) is 0 Å². The van der Waals surface area contributed by atoms with E-state index < -0.39 is 5.91 Å². The number of rotatable bonds is 4. The third-order valence-corrected chi connectivity index (χ3v) is 4.57. The summed E-state index contributed by atoms with van der Waals surface area (Å²) < 4.78 is 5.41. The number of hydrogen-bond donors (Lipinski definition) is 2. The van der Waals surface area contributed by atoms with Gasteiger partial charge in [0.1, 0.15) is 0 Å². The number of carbonyl (C=O) groups excluding carboxylic acids is 1. The topological polar surface area (TPSA) is 93.4 Å². The van der Waals surface area contributed by atoms with Crippen molar-refractivity contribution in [2.75, 3.05) is 36.5 Å². The fraction of sp³-hybridized carbons (Fsp3) is 0.250. The third kappa shape index (κ3) is 3.83. The monoisotopic (exact) mass is 363 g/mol. The van der Waals surface area contributed by atoms with Crippen molar-refractivity contribution < 1.29 is 9.53 Å². The first-order chi connectivity index (χ1) is 13.1. The smallest absolute Gasteiger partial charge is 0.248 e. The zero-order chi connectivity index (χ0) is 18.8. The Kier molecular flexibility index (Phi) is 4.60. The Morgan fingerprint density at radius 1 is 1.19 bits per heavy atom. The number of hydrogen-bond acceptors (Lipinski definition) is 6. The van der Waals surface area contributed by atoms with Crippen LogP contribution in [0.5, 0.6) is 0 Å². The van der Waals surface area contributed by atoms with Gasteiger partial charge in [0.25, 0.3) is 0 Å². The van der Waals surface area contributed by atoms with Crippen LogP contribution in [0.25, 0.3) is 10.9 Å². The molecule has 0 aliphatic carbocycles. The summed E-state index contributed by atoms with van der Waals surface area (Å²) in [6.45, 7) is 4.91. The highest BCUT2D eigenvalue weighted by atomic mass is 16.5. The van der Waals surface area contributed by atoms with Crippen LogP contribution in [0.3, 0.4) is 0 Å². The third-order valence-electron chi connectivity index (χ3n) is 4.57. The summed E-state index contributed by atoms with van der Waals surface area (Å²) in [4.78, 5) is 22.9. The SMILES string of the molecule is Cc1ccc2nc(Nc3cc(C(N)=O)cc(N4CCOCC4)c3)ncc2c1. The van der Waals surface area contributed by atoms with Gasteiger partial charge < -0.3 is 20.7 Å². The average Bonchev–Trinajstić information content (AvgIpc) is 2.68. The summed E-state index contributed by atoms with van der Waals surface area (Å²) in [5, 5.41) is 4.18. The fourth-order valence-corrected chi connectivity index (χ4v) is 3.17. The predicted molar refractivity (Wildman–Crippen MR) is 106 cm³/mol. The highest BCUT2D eigenvalue weighted by Crippen LogP contribution is 2.25. The zero-order valence-corrected chi connectivity index (χ0v) is 15.1. The Labute approximate surface area is 157 Å². The summed E-state index contributed by atoms with van der Waals surface area (Å²) in [6, 6.07) is 11.5. The van der Waals surface area contributed by atoms with E-state index >= 15 is 0 Å². The van der Waals surface area contributed by atoms with Crippen molar-refractivity contribution in [2.24, 2.45) is 5.73 Å². The highest BCUT2D eigenvalue weighted by molar-refractivity contribution is 5.95. The van der Waals surface area contributed by atoms with Crippen LogP contribution < -0.4 is 16.0 Å². The number of fused-ring (bicyclic) bond motifs is 1. The Morgan fingerprint density at radius 3 is 2.78 bits per heavy atom. The normalized spacial score (nSPS) is 14.3. The van der Waals surface area contributed by atoms with Gasteiger partial charge in [-0.25, -0.2) is 9.97 Å². The van der Waals surface area contributed by atoms with E-state index in [9.17, 15) is 4.79 Å². The number of ether oxygens (including phenoxy) is 1. The van der Waals surface area contributed by atoms with Gasteiger partial charge in [0.2, 0.25) is 11.9 Å². The van der Waals surface area contributed by atoms with Crippen molar-refractivity contribution >= 4 is 34.1 Å². The van der Waals surface area contributed by atoms with Crippen LogP contribution in [0.2, 0.25) is 0 Å². The maximum absolute atomic E-state index is 11.8. The van der Waals surface area contributed by atoms with E-state index in [0.717, 1.165) is 40.9 Å². The average molecular weight is 363 g/mol. The number of morpholine rings is 1. The maximum atomic E-state index is 11.8. The molecule has 3 N–H and O–H groups in total. The van der Waals surface area contributed by atoms with Crippen molar-refractivity contribution in [2.45, 2.75) is 6.92 Å². The molecule has 2 heterocycles. The fourth-order valence-electron chi connectivity index (χ4n) is 3.17. The predicted octanol–water partition coefficient (Wildman–Crippen LogP) is 2.62. The molecule has 27 heavy (non-hydrogen) atoms. The van der Waals surface area contributed by atoms with Crippen LogP contribution in [0.1, 0.15) is 15.9 Å². The molecule has 3 aromatic rings. The molecule has 0 saturated carbocycles. The lowest BCUT2D eigenvalue weighted by molar-refractivity contribution is 0.100. The molecule has 1 amide bonds. The second-order valence-electron chi connectivity index (χ2n) is 6.61. The van der Waals surface area contributed by atoms with Crippen LogP contribution in [0.4, 0.5) is 17.3 Å². The molecule has 0 atom stereocenters. The van der Waals surface area contributed by atoms with Crippen molar-refractivity contribution in [1.82, 2.24) is 9.97 Å². The lowest BCUT2D eigenvalue weighted by Crippen LogP contribution is -2.36. The molecule has 0 bridgehead atoms. The molecule has 1 saturated heterocycles. The minimum atomic E-state index is -0.469. The van der Waals surface area contributed by atoms with Gasteiger partial charge in [-0.1, -0.05) is 11.6 Å². The Hall–Kier alpha value is -3.19. The second kappa shape index (κ2) is 7.20. The molecule has 1 aliphatic heterocycles. The zero-order valence-electron chi connectivity index (χ0n) is 15.1. The molecule has 0 radical (unpaired) electrons. The summed E-state index contributed by atoms with van der Waals surface area (Å²) in [6.07, 6.45) is 1.79. The first kappa shape index (κ1) is 17.2. The van der Waals surface area contributed by atoms with Crippen LogP contribution in [0, 0.1) is 6.92 Å². The van der Waals surface area contributed by atoms with Gasteiger partial charge in [-0.2, -0.15) is 0 Å². The molecule has 1 aliphatic rings. The van der Waals surface area contributed by atoms with Crippen molar-refractivity contribution in [3.8, 4) is 0 Å². The highest BCUT2D eigenvalue weighted by Gasteiger charge is 2.15. The van der Waals surface area contributed by atoms with E-state index in [0.29, 0.717) is 24.7 Å². The number of benzene rings is 2. The molecule has 0 unspecified atom stereocenters. The number of amides is 1. The summed E-state index contributed by atoms with van der Waals surface area (Å²) in [5.74, 6) is 0.00367. The standard InChI is InChI=1S/C20H21N5O2/c1-13-2-3-18-15(8-13)12-22-20(24-18)23-16-9-14(19(21)26)10-17(11-16)25-4-6-27-7-5-25/h2-3,8-12H,4-7H2,1H3,(H2,21,26)(H,22,23,24). The van der Waals surface area contributed by atoms with Crippen molar-refractivity contribution in [1.29, 1.82) is 0 Å². The Morgan fingerprint density at radius 2 is 2.00 bits per heavy atom. The van der Waals surface area contributed by atoms with E-state index in [4.69, 9.17) is 10.5 Å². The molecule has 0 spiro atoms. The van der Waals surface area contributed by atoms with Crippen LogP contribution >= 0.6 is 0 Å². The van der Waals surface area contributed by atoms with Gasteiger partial charge in [-0.3, -0.25) is 4.79 Å². The number of anilines is 3. The molecular formula is C20H21N5O2. The largest absolute Gasteiger partial charge is 0.378 e. The van der Waals surface area contributed by atoms with Gasteiger partial charge >= 0.3 is 0 Å². The second-order valence-corrected chi connectivity index (χ2v) is 6.61. The lowest BCUT2D eigenvalue weighted by Gasteiger charge is -2.29. The number of nitrogens with zero attached hydrogens (tertiary/aromatic N) is 3. The molecular weight excluding hydrogens is 342 g/mol. The van der Waals surface area contributed by atoms with E-state index in [-0.39, 0.29) is 0 Å². The van der Waals surface area contributed by atoms with Crippen LogP contribution in [-0.4, -0.2) is 42.2 Å². The minimum Gasteiger partial charge on any atom is -0.378 e. The summed E-state index contributed by atoms with van der Waals surface area (Å²) in [5.41, 5.74) is 9.63. The van der Waals surface area contributed by atoms with Crippen LogP contribution in [0.15, 0.2) is 42.6 Å². The molecule has 2 aromatic carbocycles. The summed E-state index contributed by atoms with van der Waals surface area (Å²) >= 11 is 0. The quantitative estimate of drug-likeness (QED) is 0.740. The number of aromatic nitrogens is 2. The van der Waals surface area contributed by atoms with Crippen molar-refractivity contribution in [3.05, 3.63) is 53.7 Å². The number of aryl methyl sites for hydroxylation is 1. The first-order valence-electron chi connectivity index (χ1n) is 8.86. The molecule has 138 valence electrons. The molecule has 1 aromatic heterocycles. The van der Waals surface area contributed by atoms with E-state index in [1.165, 1.54) is 0 Å². The van der Waals surface area contributed by atoms with Gasteiger partial charge in [0, 0.05) is 41.6 Å². The van der Waals surface area contributed by atoms with E-state index in [2.05, 4.69) is 20.2 Å². The van der Waals surface area contributed by atoms with Gasteiger partial charge in [-0.15, -0.1) is 0 Å². The van der Waals surface area contributed by atoms with Gasteiger partial charge in [0.15, 0.2) is 0 Å². The molecule has 7 nitrogen and oxygen atoms in total. The number of nitrogens with one attached hydrogen (secondary N) is 1. The lowest BCUT2D eigenvalue weighted by atomic mass is 10.1. The molecule has 7 heteroatoms. The first-order valence-corrected chi connectivity index (χ1v) is 8.86. The van der Waals surface area contributed by atoms with Gasteiger partial charge in [0.05, 0.1) is 18.7 Å². The summed E-state index contributed by atoms with van der Waals surface area (Å²) in [7, 11) is 0. The minimum absolute atomic E-state index is 0.443.